The largest absolute Gasteiger partial charge is 0.488 e. The third-order valence-electron chi connectivity index (χ3n) is 4.06. The first kappa shape index (κ1) is 22.4. The van der Waals surface area contributed by atoms with Crippen LogP contribution in [0, 0.1) is 0 Å². The molecule has 0 spiro atoms. The fraction of sp³-hybridized carbons (Fsp3) is 0.190. The Morgan fingerprint density at radius 2 is 2.00 bits per heavy atom. The number of halogens is 2. The molecule has 1 fully saturated rings. The first-order valence-electron chi connectivity index (χ1n) is 8.95. The summed E-state index contributed by atoms with van der Waals surface area (Å²) in [7, 11) is 0. The molecule has 0 radical (unpaired) electrons. The predicted molar refractivity (Wildman–Crippen MR) is 119 cm³/mol. The van der Waals surface area contributed by atoms with Gasteiger partial charge in [0, 0.05) is 10.6 Å². The van der Waals surface area contributed by atoms with Gasteiger partial charge in [0.05, 0.1) is 16.0 Å². The number of carbonyl (C=O) groups is 3. The number of benzene rings is 2. The van der Waals surface area contributed by atoms with Crippen LogP contribution in [0.25, 0.3) is 6.08 Å². The van der Waals surface area contributed by atoms with Crippen molar-refractivity contribution in [1.29, 1.82) is 0 Å². The molecule has 0 aliphatic carbocycles. The van der Waals surface area contributed by atoms with E-state index in [1.54, 1.807) is 37.3 Å². The van der Waals surface area contributed by atoms with Gasteiger partial charge in [-0.25, -0.2) is 0 Å². The molecule has 2 aromatic rings. The number of carbonyl (C=O) groups excluding carboxylic acids is 3. The third-order valence-corrected chi connectivity index (χ3v) is 5.96. The molecule has 6 nitrogen and oxygen atoms in total. The second kappa shape index (κ2) is 10.1. The molecule has 1 saturated heterocycles. The summed E-state index contributed by atoms with van der Waals surface area (Å²) >= 11 is 10.4. The molecular weight excluding hydrogens is 494 g/mol. The van der Waals surface area contributed by atoms with Crippen LogP contribution >= 0.6 is 39.3 Å². The van der Waals surface area contributed by atoms with Crippen LogP contribution < -0.4 is 4.74 Å². The van der Waals surface area contributed by atoms with Crippen LogP contribution in [-0.4, -0.2) is 35.2 Å². The molecule has 0 unspecified atom stereocenters. The van der Waals surface area contributed by atoms with Gasteiger partial charge in [0.25, 0.3) is 11.1 Å². The molecule has 3 rings (SSSR count). The summed E-state index contributed by atoms with van der Waals surface area (Å²) < 4.78 is 11.3. The minimum absolute atomic E-state index is 0.184. The molecule has 1 heterocycles. The maximum absolute atomic E-state index is 12.5. The van der Waals surface area contributed by atoms with E-state index in [4.69, 9.17) is 21.1 Å². The van der Waals surface area contributed by atoms with Gasteiger partial charge in [0.1, 0.15) is 18.9 Å². The zero-order chi connectivity index (χ0) is 21.7. The van der Waals surface area contributed by atoms with E-state index in [0.29, 0.717) is 27.4 Å². The molecule has 2 amide bonds. The number of ether oxygens (including phenoxy) is 2. The van der Waals surface area contributed by atoms with Crippen LogP contribution in [0.15, 0.2) is 51.8 Å². The molecule has 0 saturated carbocycles. The van der Waals surface area contributed by atoms with Crippen LogP contribution in [0.4, 0.5) is 4.79 Å². The molecule has 30 heavy (non-hydrogen) atoms. The molecule has 0 aromatic heterocycles. The number of esters is 1. The van der Waals surface area contributed by atoms with Crippen LogP contribution in [-0.2, 0) is 20.9 Å². The van der Waals surface area contributed by atoms with Gasteiger partial charge >= 0.3 is 5.97 Å². The van der Waals surface area contributed by atoms with Crippen molar-refractivity contribution in [3.8, 4) is 5.75 Å². The molecule has 0 bridgehead atoms. The Morgan fingerprint density at radius 3 is 2.70 bits per heavy atom. The lowest BCUT2D eigenvalue weighted by Gasteiger charge is -2.11. The fourth-order valence-corrected chi connectivity index (χ4v) is 4.16. The summed E-state index contributed by atoms with van der Waals surface area (Å²) in [4.78, 5) is 37.2. The molecule has 9 heteroatoms. The van der Waals surface area contributed by atoms with Crippen molar-refractivity contribution in [3.63, 3.8) is 0 Å². The van der Waals surface area contributed by atoms with Gasteiger partial charge in [-0.2, -0.15) is 0 Å². The average Bonchev–Trinajstić information content (AvgIpc) is 2.96. The summed E-state index contributed by atoms with van der Waals surface area (Å²) in [6.07, 6.45) is 1.60. The van der Waals surface area contributed by atoms with Crippen molar-refractivity contribution in [2.45, 2.75) is 13.5 Å². The van der Waals surface area contributed by atoms with E-state index in [1.165, 1.54) is 0 Å². The zero-order valence-corrected chi connectivity index (χ0v) is 19.1. The van der Waals surface area contributed by atoms with Crippen molar-refractivity contribution in [2.75, 3.05) is 13.2 Å². The van der Waals surface area contributed by atoms with Crippen LogP contribution in [0.1, 0.15) is 18.1 Å². The third kappa shape index (κ3) is 5.44. The molecule has 2 aromatic carbocycles. The first-order valence-corrected chi connectivity index (χ1v) is 10.9. The number of hydrogen-bond donors (Lipinski definition) is 0. The van der Waals surface area contributed by atoms with Gasteiger partial charge in [-0.05, 0) is 64.5 Å². The second-order valence-electron chi connectivity index (χ2n) is 6.14. The minimum atomic E-state index is -0.621. The molecule has 0 atom stereocenters. The van der Waals surface area contributed by atoms with Gasteiger partial charge in [-0.1, -0.05) is 35.9 Å². The predicted octanol–water partition coefficient (Wildman–Crippen LogP) is 5.28. The van der Waals surface area contributed by atoms with Crippen molar-refractivity contribution in [1.82, 2.24) is 4.90 Å². The summed E-state index contributed by atoms with van der Waals surface area (Å²) in [6.45, 7) is 1.76. The maximum Gasteiger partial charge on any atom is 0.326 e. The smallest absolute Gasteiger partial charge is 0.326 e. The van der Waals surface area contributed by atoms with Crippen molar-refractivity contribution in [3.05, 3.63) is 68.0 Å². The Labute approximate surface area is 191 Å². The average molecular weight is 511 g/mol. The number of nitrogens with zero attached hydrogens (tertiary/aromatic N) is 1. The minimum Gasteiger partial charge on any atom is -0.488 e. The highest BCUT2D eigenvalue weighted by Gasteiger charge is 2.36. The standard InChI is InChI=1S/C21H17BrClNO5S/c1-2-28-19(25)11-24-20(26)18(30-21(24)27)10-13-7-8-17(15(22)9-13)29-12-14-5-3-4-6-16(14)23/h3-10H,2,11-12H2,1H3/b18-10+. The zero-order valence-electron chi connectivity index (χ0n) is 15.9. The quantitative estimate of drug-likeness (QED) is 0.373. The van der Waals surface area contributed by atoms with E-state index < -0.39 is 23.7 Å². The summed E-state index contributed by atoms with van der Waals surface area (Å²) in [5.74, 6) is -0.528. The molecular formula is C21H17BrClNO5S. The lowest BCUT2D eigenvalue weighted by molar-refractivity contribution is -0.145. The number of amides is 2. The lowest BCUT2D eigenvalue weighted by atomic mass is 10.2. The highest BCUT2D eigenvalue weighted by atomic mass is 79.9. The lowest BCUT2D eigenvalue weighted by Crippen LogP contribution is -2.34. The topological polar surface area (TPSA) is 72.9 Å². The van der Waals surface area contributed by atoms with Gasteiger partial charge in [0.2, 0.25) is 0 Å². The SMILES string of the molecule is CCOC(=O)CN1C(=O)S/C(=C/c2ccc(OCc3ccccc3Cl)c(Br)c2)C1=O. The van der Waals surface area contributed by atoms with E-state index in [0.717, 1.165) is 22.2 Å². The van der Waals surface area contributed by atoms with Gasteiger partial charge in [0.15, 0.2) is 0 Å². The van der Waals surface area contributed by atoms with Crippen molar-refractivity contribution >= 4 is 62.5 Å². The van der Waals surface area contributed by atoms with E-state index in [9.17, 15) is 14.4 Å². The fourth-order valence-electron chi connectivity index (χ4n) is 2.62. The molecule has 0 N–H and O–H groups in total. The number of hydrogen-bond acceptors (Lipinski definition) is 6. The Balaban J connectivity index is 1.69. The van der Waals surface area contributed by atoms with Crippen LogP contribution in [0.2, 0.25) is 5.02 Å². The van der Waals surface area contributed by atoms with E-state index in [-0.39, 0.29) is 11.5 Å². The Morgan fingerprint density at radius 1 is 1.23 bits per heavy atom. The van der Waals surface area contributed by atoms with Crippen molar-refractivity contribution in [2.24, 2.45) is 0 Å². The normalized spacial score (nSPS) is 15.0. The summed E-state index contributed by atoms with van der Waals surface area (Å²) in [5, 5.41) is 0.127. The highest BCUT2D eigenvalue weighted by Crippen LogP contribution is 2.34. The monoisotopic (exact) mass is 509 g/mol. The first-order chi connectivity index (χ1) is 14.4. The Kier molecular flexibility index (Phi) is 7.58. The number of imide groups is 1. The maximum atomic E-state index is 12.5. The van der Waals surface area contributed by atoms with Gasteiger partial charge < -0.3 is 9.47 Å². The molecule has 1 aliphatic heterocycles. The Bertz CT molecular complexity index is 1030. The second-order valence-corrected chi connectivity index (χ2v) is 8.40. The van der Waals surface area contributed by atoms with Crippen molar-refractivity contribution < 1.29 is 23.9 Å². The summed E-state index contributed by atoms with van der Waals surface area (Å²) in [6, 6.07) is 12.7. The van der Waals surface area contributed by atoms with Gasteiger partial charge in [-0.15, -0.1) is 0 Å². The van der Waals surface area contributed by atoms with E-state index in [2.05, 4.69) is 15.9 Å². The van der Waals surface area contributed by atoms with Crippen LogP contribution in [0.5, 0.6) is 5.75 Å². The van der Waals surface area contributed by atoms with Gasteiger partial charge in [-0.3, -0.25) is 19.3 Å². The van der Waals surface area contributed by atoms with E-state index >= 15 is 0 Å². The number of rotatable bonds is 7. The number of thioether (sulfide) groups is 1. The summed E-state index contributed by atoms with van der Waals surface area (Å²) in [5.41, 5.74) is 1.57. The Hall–Kier alpha value is -2.29. The van der Waals surface area contributed by atoms with E-state index in [1.807, 2.05) is 18.2 Å². The molecule has 156 valence electrons. The van der Waals surface area contributed by atoms with Crippen LogP contribution in [0.3, 0.4) is 0 Å². The molecule has 1 aliphatic rings. The highest BCUT2D eigenvalue weighted by molar-refractivity contribution is 9.10.